The van der Waals surface area contributed by atoms with Crippen molar-refractivity contribution in [1.82, 2.24) is 45.5 Å². The zero-order valence-electron chi connectivity index (χ0n) is 15.8. The summed E-state index contributed by atoms with van der Waals surface area (Å²) >= 11 is 2.86. The number of hydrogen-bond acceptors (Lipinski definition) is 12. The topological polar surface area (TPSA) is 168 Å². The molecule has 0 saturated heterocycles. The van der Waals surface area contributed by atoms with Gasteiger partial charge in [-0.15, -0.1) is 26.6 Å². The number of rotatable bonds is 7. The van der Waals surface area contributed by atoms with Crippen molar-refractivity contribution in [2.75, 3.05) is 5.73 Å². The fourth-order valence-corrected chi connectivity index (χ4v) is 4.04. The SMILES string of the molecule is Cc1ccsc1/C=N\NC(=O)c1nnn(-c2nonc2N)c1CSc1nncn1C. The molecule has 0 saturated carbocycles. The number of hydrazone groups is 1. The molecule has 4 aromatic heterocycles. The monoisotopic (exact) mass is 445 g/mol. The molecule has 30 heavy (non-hydrogen) atoms. The first-order valence-electron chi connectivity index (χ1n) is 8.42. The molecule has 154 valence electrons. The fraction of sp³-hybridized carbons (Fsp3) is 0.200. The Labute approximate surface area is 177 Å². The van der Waals surface area contributed by atoms with Crippen LogP contribution in [0.3, 0.4) is 0 Å². The number of amides is 1. The number of nitrogens with two attached hydrogens (primary N) is 1. The van der Waals surface area contributed by atoms with E-state index in [1.165, 1.54) is 27.8 Å². The Morgan fingerprint density at radius 3 is 2.97 bits per heavy atom. The molecule has 3 N–H and O–H groups in total. The van der Waals surface area contributed by atoms with Gasteiger partial charge in [0, 0.05) is 17.7 Å². The van der Waals surface area contributed by atoms with E-state index in [-0.39, 0.29) is 23.1 Å². The predicted octanol–water partition coefficient (Wildman–Crippen LogP) is 0.787. The lowest BCUT2D eigenvalue weighted by molar-refractivity contribution is 0.0949. The van der Waals surface area contributed by atoms with Crippen molar-refractivity contribution < 1.29 is 9.42 Å². The molecule has 0 spiro atoms. The van der Waals surface area contributed by atoms with Gasteiger partial charge in [-0.05, 0) is 34.2 Å². The van der Waals surface area contributed by atoms with Crippen molar-refractivity contribution in [3.8, 4) is 5.82 Å². The van der Waals surface area contributed by atoms with Crippen molar-refractivity contribution in [3.63, 3.8) is 0 Å². The van der Waals surface area contributed by atoms with Gasteiger partial charge in [0.05, 0.1) is 11.9 Å². The molecule has 13 nitrogen and oxygen atoms in total. The number of carbonyl (C=O) groups excluding carboxylic acids is 1. The molecular formula is C15H15N11O2S2. The van der Waals surface area contributed by atoms with E-state index in [1.807, 2.05) is 25.4 Å². The van der Waals surface area contributed by atoms with E-state index in [2.05, 4.69) is 46.0 Å². The van der Waals surface area contributed by atoms with Gasteiger partial charge in [-0.2, -0.15) is 9.78 Å². The summed E-state index contributed by atoms with van der Waals surface area (Å²) in [6.07, 6.45) is 3.15. The average molecular weight is 445 g/mol. The summed E-state index contributed by atoms with van der Waals surface area (Å²) in [4.78, 5) is 13.6. The Balaban J connectivity index is 1.60. The van der Waals surface area contributed by atoms with Crippen LogP contribution in [0.15, 0.2) is 32.7 Å². The van der Waals surface area contributed by atoms with Gasteiger partial charge < -0.3 is 10.3 Å². The maximum absolute atomic E-state index is 12.7. The molecule has 0 aliphatic rings. The lowest BCUT2D eigenvalue weighted by Crippen LogP contribution is -2.20. The summed E-state index contributed by atoms with van der Waals surface area (Å²) in [5.41, 5.74) is 9.80. The van der Waals surface area contributed by atoms with Crippen molar-refractivity contribution in [2.24, 2.45) is 12.1 Å². The number of anilines is 1. The first-order chi connectivity index (χ1) is 14.5. The van der Waals surface area contributed by atoms with Crippen molar-refractivity contribution in [1.29, 1.82) is 0 Å². The van der Waals surface area contributed by atoms with Gasteiger partial charge >= 0.3 is 0 Å². The minimum Gasteiger partial charge on any atom is -0.378 e. The highest BCUT2D eigenvalue weighted by molar-refractivity contribution is 7.98. The highest BCUT2D eigenvalue weighted by Gasteiger charge is 2.24. The highest BCUT2D eigenvalue weighted by atomic mass is 32.2. The second-order valence-electron chi connectivity index (χ2n) is 5.95. The van der Waals surface area contributed by atoms with Crippen LogP contribution in [0.2, 0.25) is 0 Å². The Kier molecular flexibility index (Phi) is 5.53. The van der Waals surface area contributed by atoms with Gasteiger partial charge in [0.25, 0.3) is 5.91 Å². The molecule has 0 bridgehead atoms. The molecule has 0 unspecified atom stereocenters. The number of nitrogens with zero attached hydrogens (tertiary/aromatic N) is 9. The van der Waals surface area contributed by atoms with E-state index < -0.39 is 5.91 Å². The Bertz CT molecular complexity index is 1200. The lowest BCUT2D eigenvalue weighted by Gasteiger charge is -2.05. The van der Waals surface area contributed by atoms with E-state index in [0.29, 0.717) is 10.9 Å². The molecular weight excluding hydrogens is 430 g/mol. The van der Waals surface area contributed by atoms with Gasteiger partial charge in [0.2, 0.25) is 11.6 Å². The predicted molar refractivity (Wildman–Crippen MR) is 108 cm³/mol. The van der Waals surface area contributed by atoms with Crippen LogP contribution in [0.4, 0.5) is 5.82 Å². The second-order valence-corrected chi connectivity index (χ2v) is 7.84. The molecule has 0 fully saturated rings. The van der Waals surface area contributed by atoms with E-state index >= 15 is 0 Å². The number of carbonyl (C=O) groups is 1. The number of aromatic nitrogens is 8. The molecule has 15 heteroatoms. The quantitative estimate of drug-likeness (QED) is 0.236. The summed E-state index contributed by atoms with van der Waals surface area (Å²) in [6.45, 7) is 1.96. The molecule has 1 amide bonds. The number of nitrogens with one attached hydrogen (secondary N) is 1. The summed E-state index contributed by atoms with van der Waals surface area (Å²) in [5, 5.41) is 29.7. The van der Waals surface area contributed by atoms with E-state index in [0.717, 1.165) is 10.4 Å². The van der Waals surface area contributed by atoms with Gasteiger partial charge in [0.1, 0.15) is 6.33 Å². The first-order valence-corrected chi connectivity index (χ1v) is 10.3. The summed E-state index contributed by atoms with van der Waals surface area (Å²) in [5.74, 6) is -0.103. The summed E-state index contributed by atoms with van der Waals surface area (Å²) in [6, 6.07) is 1.97. The average Bonchev–Trinajstić information content (AvgIpc) is 3.49. The lowest BCUT2D eigenvalue weighted by atomic mass is 10.3. The van der Waals surface area contributed by atoms with Crippen LogP contribution < -0.4 is 11.2 Å². The smallest absolute Gasteiger partial charge is 0.293 e. The van der Waals surface area contributed by atoms with Crippen LogP contribution in [-0.2, 0) is 12.8 Å². The van der Waals surface area contributed by atoms with Gasteiger partial charge in [0.15, 0.2) is 10.9 Å². The molecule has 4 rings (SSSR count). The second kappa shape index (κ2) is 8.42. The summed E-state index contributed by atoms with van der Waals surface area (Å²) < 4.78 is 7.69. The maximum atomic E-state index is 12.7. The fourth-order valence-electron chi connectivity index (χ4n) is 2.37. The number of thioether (sulfide) groups is 1. The van der Waals surface area contributed by atoms with Crippen LogP contribution >= 0.6 is 23.1 Å². The van der Waals surface area contributed by atoms with Crippen LogP contribution in [0.1, 0.15) is 26.6 Å². The molecule has 0 atom stereocenters. The summed E-state index contributed by atoms with van der Waals surface area (Å²) in [7, 11) is 1.81. The van der Waals surface area contributed by atoms with Crippen molar-refractivity contribution in [2.45, 2.75) is 17.8 Å². The molecule has 0 aromatic carbocycles. The van der Waals surface area contributed by atoms with Crippen LogP contribution in [0, 0.1) is 6.92 Å². The van der Waals surface area contributed by atoms with Crippen molar-refractivity contribution >= 4 is 41.0 Å². The molecule has 0 aliphatic heterocycles. The molecule has 4 heterocycles. The minimum atomic E-state index is -0.532. The van der Waals surface area contributed by atoms with E-state index in [9.17, 15) is 4.79 Å². The zero-order chi connectivity index (χ0) is 21.1. The minimum absolute atomic E-state index is 0.0166. The van der Waals surface area contributed by atoms with Gasteiger partial charge in [-0.1, -0.05) is 17.0 Å². The van der Waals surface area contributed by atoms with Gasteiger partial charge in [-0.25, -0.2) is 10.1 Å². The third-order valence-electron chi connectivity index (χ3n) is 3.93. The van der Waals surface area contributed by atoms with E-state index in [4.69, 9.17) is 5.73 Å². The Hall–Kier alpha value is -3.59. The van der Waals surface area contributed by atoms with Crippen LogP contribution in [-0.4, -0.2) is 52.2 Å². The standard InChI is InChI=1S/C15H15N11O2S2/c1-8-3-4-29-10(8)5-17-20-14(27)11-9(6-30-15-21-18-7-25(15)2)26(24-19-11)13-12(16)22-28-23-13/h3-5,7H,6H2,1-2H3,(H2,16,22)(H,20,27)/b17-5-. The van der Waals surface area contributed by atoms with Gasteiger partial charge in [-0.3, -0.25) is 4.79 Å². The normalized spacial score (nSPS) is 11.4. The third-order valence-corrected chi connectivity index (χ3v) is 5.93. The first kappa shape index (κ1) is 19.7. The Morgan fingerprint density at radius 1 is 1.43 bits per heavy atom. The highest BCUT2D eigenvalue weighted by Crippen LogP contribution is 2.24. The Morgan fingerprint density at radius 2 is 2.30 bits per heavy atom. The third kappa shape index (κ3) is 3.92. The number of aryl methyl sites for hydroxylation is 2. The van der Waals surface area contributed by atoms with Crippen LogP contribution in [0.25, 0.3) is 5.82 Å². The number of hydrogen-bond donors (Lipinski definition) is 2. The molecule has 0 aliphatic carbocycles. The van der Waals surface area contributed by atoms with Crippen molar-refractivity contribution in [3.05, 3.63) is 39.6 Å². The number of nitrogen functional groups attached to an aromatic ring is 1. The zero-order valence-corrected chi connectivity index (χ0v) is 17.4. The molecule has 0 radical (unpaired) electrons. The molecule has 4 aromatic rings. The maximum Gasteiger partial charge on any atom is 0.293 e. The number of thiophene rings is 1. The van der Waals surface area contributed by atoms with Crippen LogP contribution in [0.5, 0.6) is 0 Å². The largest absolute Gasteiger partial charge is 0.378 e. The van der Waals surface area contributed by atoms with E-state index in [1.54, 1.807) is 17.1 Å².